The minimum absolute atomic E-state index is 0.145. The normalized spacial score (nSPS) is 15.4. The molecule has 0 atom stereocenters. The molecule has 3 heterocycles. The highest BCUT2D eigenvalue weighted by atomic mass is 32.1. The van der Waals surface area contributed by atoms with E-state index in [1.54, 1.807) is 29.7 Å². The molecule has 3 rings (SSSR count). The zero-order valence-corrected chi connectivity index (χ0v) is 15.8. The molecule has 0 saturated carbocycles. The summed E-state index contributed by atoms with van der Waals surface area (Å²) in [5, 5.41) is 3.15. The average molecular weight is 360 g/mol. The number of aryl methyl sites for hydroxylation is 1. The third-order valence-electron chi connectivity index (χ3n) is 4.02. The summed E-state index contributed by atoms with van der Waals surface area (Å²) < 4.78 is 5.37. The molecule has 0 aliphatic carbocycles. The SMILES string of the molecule is Cc1csc(N2CCCN(c3ncccc3C(=O)OC(C)C)CC2)n1. The summed E-state index contributed by atoms with van der Waals surface area (Å²) in [5.41, 5.74) is 1.60. The molecule has 0 unspecified atom stereocenters. The third-order valence-corrected chi connectivity index (χ3v) is 5.04. The fourth-order valence-corrected chi connectivity index (χ4v) is 3.75. The Morgan fingerprint density at radius 2 is 2.00 bits per heavy atom. The zero-order chi connectivity index (χ0) is 17.8. The van der Waals surface area contributed by atoms with Crippen LogP contribution in [0.1, 0.15) is 36.3 Å². The summed E-state index contributed by atoms with van der Waals surface area (Å²) in [7, 11) is 0. The quantitative estimate of drug-likeness (QED) is 0.781. The smallest absolute Gasteiger partial charge is 0.342 e. The Labute approximate surface area is 152 Å². The molecule has 1 aliphatic rings. The Morgan fingerprint density at radius 1 is 1.24 bits per heavy atom. The Hall–Kier alpha value is -2.15. The van der Waals surface area contributed by atoms with Crippen LogP contribution in [-0.4, -0.2) is 48.2 Å². The molecule has 0 bridgehead atoms. The van der Waals surface area contributed by atoms with Gasteiger partial charge in [0, 0.05) is 37.8 Å². The summed E-state index contributed by atoms with van der Waals surface area (Å²) in [6, 6.07) is 3.57. The number of ether oxygens (including phenoxy) is 1. The number of hydrogen-bond acceptors (Lipinski definition) is 7. The largest absolute Gasteiger partial charge is 0.459 e. The molecular weight excluding hydrogens is 336 g/mol. The molecule has 1 fully saturated rings. The average Bonchev–Trinajstić information content (AvgIpc) is 2.87. The number of carbonyl (C=O) groups excluding carboxylic acids is 1. The van der Waals surface area contributed by atoms with E-state index >= 15 is 0 Å². The summed E-state index contributed by atoms with van der Waals surface area (Å²) in [6.07, 6.45) is 2.58. The lowest BCUT2D eigenvalue weighted by molar-refractivity contribution is 0.0378. The zero-order valence-electron chi connectivity index (χ0n) is 14.9. The van der Waals surface area contributed by atoms with Crippen molar-refractivity contribution in [2.75, 3.05) is 36.0 Å². The fourth-order valence-electron chi connectivity index (χ4n) is 2.89. The van der Waals surface area contributed by atoms with Crippen molar-refractivity contribution < 1.29 is 9.53 Å². The maximum absolute atomic E-state index is 12.4. The molecule has 6 nitrogen and oxygen atoms in total. The first-order valence-corrected chi connectivity index (χ1v) is 9.50. The monoisotopic (exact) mass is 360 g/mol. The van der Waals surface area contributed by atoms with Gasteiger partial charge in [0.15, 0.2) is 5.13 Å². The predicted molar refractivity (Wildman–Crippen MR) is 101 cm³/mol. The van der Waals surface area contributed by atoms with Gasteiger partial charge in [0.05, 0.1) is 11.8 Å². The van der Waals surface area contributed by atoms with Crippen LogP contribution in [0.3, 0.4) is 0 Å². The van der Waals surface area contributed by atoms with Crippen LogP contribution in [0, 0.1) is 6.92 Å². The Balaban J connectivity index is 1.75. The van der Waals surface area contributed by atoms with Crippen molar-refractivity contribution in [1.82, 2.24) is 9.97 Å². The molecule has 1 saturated heterocycles. The number of aromatic nitrogens is 2. The van der Waals surface area contributed by atoms with Gasteiger partial charge in [-0.05, 0) is 39.3 Å². The van der Waals surface area contributed by atoms with Gasteiger partial charge >= 0.3 is 5.97 Å². The first kappa shape index (κ1) is 17.7. The van der Waals surface area contributed by atoms with Crippen LogP contribution in [0.25, 0.3) is 0 Å². The van der Waals surface area contributed by atoms with Crippen LogP contribution in [-0.2, 0) is 4.74 Å². The lowest BCUT2D eigenvalue weighted by Gasteiger charge is -2.24. The van der Waals surface area contributed by atoms with Crippen molar-refractivity contribution in [3.05, 3.63) is 35.0 Å². The molecular formula is C18H24N4O2S. The molecule has 0 radical (unpaired) electrons. The molecule has 134 valence electrons. The Morgan fingerprint density at radius 3 is 2.72 bits per heavy atom. The van der Waals surface area contributed by atoms with E-state index < -0.39 is 0 Å². The first-order valence-electron chi connectivity index (χ1n) is 8.62. The Kier molecular flexibility index (Phi) is 5.53. The second kappa shape index (κ2) is 7.82. The van der Waals surface area contributed by atoms with E-state index in [9.17, 15) is 4.79 Å². The van der Waals surface area contributed by atoms with Crippen molar-refractivity contribution in [1.29, 1.82) is 0 Å². The van der Waals surface area contributed by atoms with E-state index in [4.69, 9.17) is 4.74 Å². The maximum Gasteiger partial charge on any atom is 0.342 e. The maximum atomic E-state index is 12.4. The minimum atomic E-state index is -0.310. The van der Waals surface area contributed by atoms with Gasteiger partial charge in [0.25, 0.3) is 0 Å². The summed E-state index contributed by atoms with van der Waals surface area (Å²) >= 11 is 1.68. The lowest BCUT2D eigenvalue weighted by atomic mass is 10.2. The standard InChI is InChI=1S/C18H24N4O2S/c1-13(2)24-17(23)15-6-4-7-19-16(15)21-8-5-9-22(11-10-21)18-20-14(3)12-25-18/h4,6-7,12-13H,5,8-11H2,1-3H3. The van der Waals surface area contributed by atoms with Crippen LogP contribution in [0.5, 0.6) is 0 Å². The van der Waals surface area contributed by atoms with Gasteiger partial charge in [-0.1, -0.05) is 0 Å². The van der Waals surface area contributed by atoms with Crippen molar-refractivity contribution >= 4 is 28.3 Å². The molecule has 0 N–H and O–H groups in total. The van der Waals surface area contributed by atoms with Crippen molar-refractivity contribution in [2.24, 2.45) is 0 Å². The molecule has 0 aromatic carbocycles. The Bertz CT molecular complexity index is 731. The van der Waals surface area contributed by atoms with Crippen LogP contribution in [0.15, 0.2) is 23.7 Å². The van der Waals surface area contributed by atoms with Crippen LogP contribution in [0.2, 0.25) is 0 Å². The summed E-state index contributed by atoms with van der Waals surface area (Å²) in [5.74, 6) is 0.403. The van der Waals surface area contributed by atoms with Gasteiger partial charge in [-0.2, -0.15) is 0 Å². The highest BCUT2D eigenvalue weighted by Gasteiger charge is 2.23. The van der Waals surface area contributed by atoms with Crippen molar-refractivity contribution in [3.8, 4) is 0 Å². The van der Waals surface area contributed by atoms with Gasteiger partial charge in [-0.25, -0.2) is 14.8 Å². The second-order valence-corrected chi connectivity index (χ2v) is 7.26. The minimum Gasteiger partial charge on any atom is -0.459 e. The van der Waals surface area contributed by atoms with Gasteiger partial charge in [-0.15, -0.1) is 11.3 Å². The van der Waals surface area contributed by atoms with Gasteiger partial charge in [-0.3, -0.25) is 0 Å². The molecule has 2 aromatic rings. The van der Waals surface area contributed by atoms with Crippen LogP contribution >= 0.6 is 11.3 Å². The number of thiazole rings is 1. The number of nitrogens with zero attached hydrogens (tertiary/aromatic N) is 4. The van der Waals surface area contributed by atoms with Gasteiger partial charge in [0.2, 0.25) is 0 Å². The van der Waals surface area contributed by atoms with Gasteiger partial charge in [0.1, 0.15) is 11.4 Å². The molecule has 25 heavy (non-hydrogen) atoms. The van der Waals surface area contributed by atoms with E-state index in [1.165, 1.54) is 0 Å². The molecule has 1 aliphatic heterocycles. The number of rotatable bonds is 4. The van der Waals surface area contributed by atoms with Crippen LogP contribution in [0.4, 0.5) is 10.9 Å². The number of pyridine rings is 1. The summed E-state index contributed by atoms with van der Waals surface area (Å²) in [4.78, 5) is 25.9. The highest BCUT2D eigenvalue weighted by molar-refractivity contribution is 7.13. The van der Waals surface area contributed by atoms with E-state index in [0.717, 1.165) is 43.4 Å². The van der Waals surface area contributed by atoms with Crippen molar-refractivity contribution in [2.45, 2.75) is 33.3 Å². The molecule has 0 spiro atoms. The fraction of sp³-hybridized carbons (Fsp3) is 0.500. The summed E-state index contributed by atoms with van der Waals surface area (Å²) in [6.45, 7) is 9.22. The lowest BCUT2D eigenvalue weighted by Crippen LogP contribution is -2.32. The topological polar surface area (TPSA) is 58.6 Å². The first-order chi connectivity index (χ1) is 12.0. The number of esters is 1. The van der Waals surface area contributed by atoms with Crippen molar-refractivity contribution in [3.63, 3.8) is 0 Å². The molecule has 7 heteroatoms. The number of carbonyl (C=O) groups is 1. The molecule has 2 aromatic heterocycles. The van der Waals surface area contributed by atoms with E-state index in [0.29, 0.717) is 11.4 Å². The highest BCUT2D eigenvalue weighted by Crippen LogP contribution is 2.24. The predicted octanol–water partition coefficient (Wildman–Crippen LogP) is 3.13. The number of anilines is 2. The second-order valence-electron chi connectivity index (χ2n) is 6.43. The van der Waals surface area contributed by atoms with E-state index in [2.05, 4.69) is 25.1 Å². The van der Waals surface area contributed by atoms with Crippen LogP contribution < -0.4 is 9.80 Å². The van der Waals surface area contributed by atoms with Gasteiger partial charge < -0.3 is 14.5 Å². The molecule has 0 amide bonds. The van der Waals surface area contributed by atoms with E-state index in [-0.39, 0.29) is 12.1 Å². The number of hydrogen-bond donors (Lipinski definition) is 0. The van der Waals surface area contributed by atoms with E-state index in [1.807, 2.05) is 20.8 Å². The third kappa shape index (κ3) is 4.28.